The van der Waals surface area contributed by atoms with Crippen LogP contribution in [-0.2, 0) is 29.2 Å². The van der Waals surface area contributed by atoms with E-state index in [1.54, 1.807) is 13.2 Å². The van der Waals surface area contributed by atoms with Crippen LogP contribution in [0.15, 0.2) is 42.5 Å². The van der Waals surface area contributed by atoms with Gasteiger partial charge in [-0.3, -0.25) is 0 Å². The topological polar surface area (TPSA) is 50.4 Å². The van der Waals surface area contributed by atoms with Crippen LogP contribution in [0.3, 0.4) is 0 Å². The number of fused-ring (bicyclic) bond motifs is 1. The van der Waals surface area contributed by atoms with Crippen LogP contribution < -0.4 is 10.6 Å². The minimum atomic E-state index is -4.37. The number of carbonyl (C=O) groups is 1. The molecule has 2 aliphatic carbocycles. The van der Waals surface area contributed by atoms with Gasteiger partial charge in [-0.05, 0) is 60.6 Å². The second-order valence-corrected chi connectivity index (χ2v) is 7.92. The van der Waals surface area contributed by atoms with E-state index in [-0.39, 0.29) is 12.1 Å². The van der Waals surface area contributed by atoms with E-state index in [2.05, 4.69) is 10.6 Å². The van der Waals surface area contributed by atoms with Crippen molar-refractivity contribution in [2.24, 2.45) is 0 Å². The molecule has 29 heavy (non-hydrogen) atoms. The summed E-state index contributed by atoms with van der Waals surface area (Å²) in [6.07, 6.45) is -0.986. The average molecular weight is 404 g/mol. The van der Waals surface area contributed by atoms with Crippen LogP contribution in [0.1, 0.15) is 35.1 Å². The molecule has 154 valence electrons. The van der Waals surface area contributed by atoms with Crippen LogP contribution in [0.25, 0.3) is 0 Å². The number of rotatable bonds is 5. The molecule has 2 aromatic rings. The van der Waals surface area contributed by atoms with Crippen molar-refractivity contribution in [3.63, 3.8) is 0 Å². The minimum Gasteiger partial charge on any atom is -0.381 e. The molecule has 2 N–H and O–H groups in total. The molecule has 2 amide bonds. The van der Waals surface area contributed by atoms with E-state index >= 15 is 0 Å². The predicted octanol–water partition coefficient (Wildman–Crippen LogP) is 4.67. The fourth-order valence-electron chi connectivity index (χ4n) is 3.99. The van der Waals surface area contributed by atoms with Gasteiger partial charge < -0.3 is 15.4 Å². The molecule has 1 atom stereocenters. The standard InChI is InChI=1S/C22H23F3N2O2/c1-29-19-10-14-5-6-18(9-15(14)11-19)27-20(28)26-13-21(7-8-21)16-3-2-4-17(12-16)22(23,24)25/h2-6,9,12,19H,7-8,10-11,13H2,1H3,(H2,26,27,28). The zero-order chi connectivity index (χ0) is 20.6. The first-order valence-corrected chi connectivity index (χ1v) is 9.66. The van der Waals surface area contributed by atoms with Crippen molar-refractivity contribution in [2.75, 3.05) is 19.0 Å². The summed E-state index contributed by atoms with van der Waals surface area (Å²) in [5.41, 5.74) is 2.64. The summed E-state index contributed by atoms with van der Waals surface area (Å²) >= 11 is 0. The van der Waals surface area contributed by atoms with Crippen molar-refractivity contribution < 1.29 is 22.7 Å². The first-order valence-electron chi connectivity index (χ1n) is 9.66. The first-order chi connectivity index (χ1) is 13.8. The Morgan fingerprint density at radius 3 is 2.59 bits per heavy atom. The van der Waals surface area contributed by atoms with Gasteiger partial charge in [0.15, 0.2) is 0 Å². The van der Waals surface area contributed by atoms with E-state index < -0.39 is 17.2 Å². The average Bonchev–Trinajstić information content (AvgIpc) is 3.38. The molecule has 0 aliphatic heterocycles. The van der Waals surface area contributed by atoms with Gasteiger partial charge in [0.2, 0.25) is 0 Å². The van der Waals surface area contributed by atoms with Crippen molar-refractivity contribution >= 4 is 11.7 Å². The number of methoxy groups -OCH3 is 1. The molecule has 0 spiro atoms. The summed E-state index contributed by atoms with van der Waals surface area (Å²) in [5, 5.41) is 5.64. The third-order valence-corrected chi connectivity index (χ3v) is 5.94. The quantitative estimate of drug-likeness (QED) is 0.761. The van der Waals surface area contributed by atoms with Crippen LogP contribution in [0.5, 0.6) is 0 Å². The molecular formula is C22H23F3N2O2. The number of alkyl halides is 3. The largest absolute Gasteiger partial charge is 0.416 e. The molecule has 1 fully saturated rings. The Bertz CT molecular complexity index is 923. The van der Waals surface area contributed by atoms with Gasteiger partial charge in [-0.1, -0.05) is 24.3 Å². The van der Waals surface area contributed by atoms with Gasteiger partial charge in [0.1, 0.15) is 0 Å². The highest BCUT2D eigenvalue weighted by Crippen LogP contribution is 2.48. The van der Waals surface area contributed by atoms with E-state index in [1.165, 1.54) is 17.7 Å². The van der Waals surface area contributed by atoms with Crippen LogP contribution in [0.4, 0.5) is 23.7 Å². The van der Waals surface area contributed by atoms with Crippen molar-refractivity contribution in [3.05, 3.63) is 64.7 Å². The van der Waals surface area contributed by atoms with Gasteiger partial charge in [-0.2, -0.15) is 13.2 Å². The molecule has 1 saturated carbocycles. The molecule has 4 rings (SSSR count). The van der Waals surface area contributed by atoms with Gasteiger partial charge >= 0.3 is 12.2 Å². The van der Waals surface area contributed by atoms with E-state index in [9.17, 15) is 18.0 Å². The second-order valence-electron chi connectivity index (χ2n) is 7.92. The highest BCUT2D eigenvalue weighted by atomic mass is 19.4. The number of carbonyl (C=O) groups excluding carboxylic acids is 1. The summed E-state index contributed by atoms with van der Waals surface area (Å²) in [5.74, 6) is 0. The number of nitrogens with one attached hydrogen (secondary N) is 2. The van der Waals surface area contributed by atoms with E-state index in [0.29, 0.717) is 17.8 Å². The SMILES string of the molecule is COC1Cc2ccc(NC(=O)NCC3(c4cccc(C(F)(F)F)c4)CC3)cc2C1. The molecule has 7 heteroatoms. The lowest BCUT2D eigenvalue weighted by molar-refractivity contribution is -0.137. The summed E-state index contributed by atoms with van der Waals surface area (Å²) in [4.78, 5) is 12.3. The number of amides is 2. The Morgan fingerprint density at radius 2 is 1.90 bits per heavy atom. The first kappa shape index (κ1) is 19.8. The molecule has 0 aromatic heterocycles. The fourth-order valence-corrected chi connectivity index (χ4v) is 3.99. The molecule has 0 bridgehead atoms. The smallest absolute Gasteiger partial charge is 0.381 e. The minimum absolute atomic E-state index is 0.177. The summed E-state index contributed by atoms with van der Waals surface area (Å²) in [6.45, 7) is 0.302. The Kier molecular flexibility index (Phi) is 5.02. The molecule has 2 aromatic carbocycles. The van der Waals surface area contributed by atoms with Gasteiger partial charge in [-0.25, -0.2) is 4.79 Å². The molecule has 0 saturated heterocycles. The number of halogens is 3. The van der Waals surface area contributed by atoms with E-state index in [0.717, 1.165) is 37.3 Å². The van der Waals surface area contributed by atoms with Crippen molar-refractivity contribution in [3.8, 4) is 0 Å². The number of urea groups is 1. The number of anilines is 1. The monoisotopic (exact) mass is 404 g/mol. The predicted molar refractivity (Wildman–Crippen MR) is 104 cm³/mol. The summed E-state index contributed by atoms with van der Waals surface area (Å²) in [7, 11) is 1.70. The Morgan fingerprint density at radius 1 is 1.14 bits per heavy atom. The maximum absolute atomic E-state index is 13.0. The molecule has 0 radical (unpaired) electrons. The normalized spacial score (nSPS) is 19.5. The lowest BCUT2D eigenvalue weighted by Gasteiger charge is -2.18. The third kappa shape index (κ3) is 4.24. The van der Waals surface area contributed by atoms with Crippen LogP contribution in [0.2, 0.25) is 0 Å². The van der Waals surface area contributed by atoms with E-state index in [1.807, 2.05) is 18.2 Å². The number of hydrogen-bond acceptors (Lipinski definition) is 2. The van der Waals surface area contributed by atoms with Gasteiger partial charge in [-0.15, -0.1) is 0 Å². The highest BCUT2D eigenvalue weighted by molar-refractivity contribution is 5.89. The Labute approximate surface area is 167 Å². The number of benzene rings is 2. The van der Waals surface area contributed by atoms with Gasteiger partial charge in [0.05, 0.1) is 11.7 Å². The lowest BCUT2D eigenvalue weighted by atomic mass is 9.94. The van der Waals surface area contributed by atoms with E-state index in [4.69, 9.17) is 4.74 Å². The van der Waals surface area contributed by atoms with Crippen LogP contribution >= 0.6 is 0 Å². The molecular weight excluding hydrogens is 381 g/mol. The Hall–Kier alpha value is -2.54. The van der Waals surface area contributed by atoms with Crippen LogP contribution in [-0.4, -0.2) is 25.8 Å². The maximum atomic E-state index is 13.0. The maximum Gasteiger partial charge on any atom is 0.416 e. The number of hydrogen-bond donors (Lipinski definition) is 2. The molecule has 1 unspecified atom stereocenters. The number of ether oxygens (including phenoxy) is 1. The second kappa shape index (κ2) is 7.37. The van der Waals surface area contributed by atoms with Crippen molar-refractivity contribution in [2.45, 2.75) is 43.4 Å². The highest BCUT2D eigenvalue weighted by Gasteiger charge is 2.45. The van der Waals surface area contributed by atoms with Gasteiger partial charge in [0, 0.05) is 24.8 Å². The third-order valence-electron chi connectivity index (χ3n) is 5.94. The van der Waals surface area contributed by atoms with Crippen molar-refractivity contribution in [1.82, 2.24) is 5.32 Å². The van der Waals surface area contributed by atoms with Crippen molar-refractivity contribution in [1.29, 1.82) is 0 Å². The van der Waals surface area contributed by atoms with Gasteiger partial charge in [0.25, 0.3) is 0 Å². The molecule has 4 nitrogen and oxygen atoms in total. The summed E-state index contributed by atoms with van der Waals surface area (Å²) in [6, 6.07) is 10.8. The van der Waals surface area contributed by atoms with Crippen LogP contribution in [0, 0.1) is 0 Å². The lowest BCUT2D eigenvalue weighted by Crippen LogP contribution is -2.35. The Balaban J connectivity index is 1.37. The molecule has 2 aliphatic rings. The molecule has 0 heterocycles. The summed E-state index contributed by atoms with van der Waals surface area (Å²) < 4.78 is 44.4. The fraction of sp³-hybridized carbons (Fsp3) is 0.409. The zero-order valence-corrected chi connectivity index (χ0v) is 16.1. The zero-order valence-electron chi connectivity index (χ0n) is 16.1.